The fourth-order valence-corrected chi connectivity index (χ4v) is 5.62. The summed E-state index contributed by atoms with van der Waals surface area (Å²) in [6.07, 6.45) is 2.07. The van der Waals surface area contributed by atoms with E-state index >= 15 is 0 Å². The van der Waals surface area contributed by atoms with Gasteiger partial charge in [-0.25, -0.2) is 13.8 Å². The minimum Gasteiger partial charge on any atom is -0.490 e. The molecule has 4 rings (SSSR count). The minimum absolute atomic E-state index is 0.0974. The fourth-order valence-electron chi connectivity index (χ4n) is 4.14. The van der Waals surface area contributed by atoms with Crippen LogP contribution in [0.2, 0.25) is 0 Å². The van der Waals surface area contributed by atoms with E-state index in [9.17, 15) is 13.2 Å². The highest BCUT2D eigenvalue weighted by molar-refractivity contribution is 7.92. The summed E-state index contributed by atoms with van der Waals surface area (Å²) in [5.41, 5.74) is 5.42. The van der Waals surface area contributed by atoms with Gasteiger partial charge in [0.2, 0.25) is 0 Å². The highest BCUT2D eigenvalue weighted by atomic mass is 32.2. The summed E-state index contributed by atoms with van der Waals surface area (Å²) in [5, 5.41) is 4.07. The largest absolute Gasteiger partial charge is 0.490 e. The van der Waals surface area contributed by atoms with Gasteiger partial charge in [-0.2, -0.15) is 5.10 Å². The second kappa shape index (κ2) is 14.1. The predicted octanol–water partition coefficient (Wildman–Crippen LogP) is 5.57. The van der Waals surface area contributed by atoms with Crippen molar-refractivity contribution >= 4 is 27.8 Å². The number of aryl methyl sites for hydroxylation is 1. The van der Waals surface area contributed by atoms with Gasteiger partial charge in [-0.1, -0.05) is 73.7 Å². The molecule has 0 atom stereocenters. The molecule has 0 aliphatic rings. The molecule has 0 radical (unpaired) electrons. The lowest BCUT2D eigenvalue weighted by Gasteiger charge is -2.25. The van der Waals surface area contributed by atoms with Gasteiger partial charge in [0.15, 0.2) is 11.5 Å². The number of nitrogens with one attached hydrogen (secondary N) is 1. The average Bonchev–Trinajstić information content (AvgIpc) is 3.00. The maximum atomic E-state index is 13.6. The summed E-state index contributed by atoms with van der Waals surface area (Å²) in [7, 11) is -4.01. The minimum atomic E-state index is -4.01. The second-order valence-electron chi connectivity index (χ2n) is 9.01. The lowest BCUT2D eigenvalue weighted by atomic mass is 10.1. The number of rotatable bonds is 13. The molecule has 1 amide bonds. The number of nitrogens with zero attached hydrogens (tertiary/aromatic N) is 2. The topological polar surface area (TPSA) is 97.3 Å². The van der Waals surface area contributed by atoms with Crippen LogP contribution in [0.15, 0.2) is 113 Å². The summed E-state index contributed by atoms with van der Waals surface area (Å²) >= 11 is 0. The van der Waals surface area contributed by atoms with Gasteiger partial charge in [0, 0.05) is 0 Å². The number of hydrogen-bond acceptors (Lipinski definition) is 6. The van der Waals surface area contributed by atoms with Crippen molar-refractivity contribution in [2.45, 2.75) is 31.8 Å². The monoisotopic (exact) mass is 571 g/mol. The summed E-state index contributed by atoms with van der Waals surface area (Å²) in [6.45, 7) is 4.22. The SMILES string of the molecule is CCOc1cc(/C=N\NC(=O)CN(c2ccccc2CC)S(=O)(=O)c2ccccc2)ccc1OCc1ccccc1. The number of amides is 1. The van der Waals surface area contributed by atoms with Gasteiger partial charge in [-0.3, -0.25) is 9.10 Å². The van der Waals surface area contributed by atoms with E-state index in [-0.39, 0.29) is 4.90 Å². The Hall–Kier alpha value is -4.63. The Morgan fingerprint density at radius 2 is 1.54 bits per heavy atom. The van der Waals surface area contributed by atoms with Crippen LogP contribution in [-0.2, 0) is 27.8 Å². The van der Waals surface area contributed by atoms with Crippen LogP contribution >= 0.6 is 0 Å². The van der Waals surface area contributed by atoms with Crippen LogP contribution in [0.4, 0.5) is 5.69 Å². The molecule has 0 aliphatic carbocycles. The number of anilines is 1. The molecule has 0 unspecified atom stereocenters. The molecule has 1 N–H and O–H groups in total. The molecule has 0 saturated carbocycles. The summed E-state index contributed by atoms with van der Waals surface area (Å²) in [5.74, 6) is 0.558. The third-order valence-electron chi connectivity index (χ3n) is 6.17. The van der Waals surface area contributed by atoms with Gasteiger partial charge >= 0.3 is 0 Å². The molecule has 0 bridgehead atoms. The van der Waals surface area contributed by atoms with Gasteiger partial charge in [0.1, 0.15) is 13.2 Å². The highest BCUT2D eigenvalue weighted by Gasteiger charge is 2.28. The number of carbonyl (C=O) groups excluding carboxylic acids is 1. The Morgan fingerprint density at radius 3 is 2.24 bits per heavy atom. The third-order valence-corrected chi connectivity index (χ3v) is 7.94. The van der Waals surface area contributed by atoms with E-state index in [2.05, 4.69) is 10.5 Å². The van der Waals surface area contributed by atoms with Crippen molar-refractivity contribution in [2.75, 3.05) is 17.5 Å². The van der Waals surface area contributed by atoms with Crippen molar-refractivity contribution < 1.29 is 22.7 Å². The first kappa shape index (κ1) is 29.4. The number of para-hydroxylation sites is 1. The van der Waals surface area contributed by atoms with Crippen LogP contribution in [0.3, 0.4) is 0 Å². The number of sulfonamides is 1. The first-order chi connectivity index (χ1) is 19.9. The van der Waals surface area contributed by atoms with Crippen LogP contribution in [-0.4, -0.2) is 33.7 Å². The van der Waals surface area contributed by atoms with Crippen LogP contribution in [0.5, 0.6) is 11.5 Å². The number of benzene rings is 4. The van der Waals surface area contributed by atoms with Crippen LogP contribution in [0.25, 0.3) is 0 Å². The lowest BCUT2D eigenvalue weighted by molar-refractivity contribution is -0.119. The molecule has 0 fully saturated rings. The van der Waals surface area contributed by atoms with Crippen LogP contribution < -0.4 is 19.2 Å². The number of hydrogen-bond donors (Lipinski definition) is 1. The van der Waals surface area contributed by atoms with Crippen molar-refractivity contribution in [2.24, 2.45) is 5.10 Å². The van der Waals surface area contributed by atoms with E-state index in [1.54, 1.807) is 48.5 Å². The maximum absolute atomic E-state index is 13.6. The molecular weight excluding hydrogens is 538 g/mol. The first-order valence-corrected chi connectivity index (χ1v) is 14.8. The smallest absolute Gasteiger partial charge is 0.264 e. The Balaban J connectivity index is 1.49. The van der Waals surface area contributed by atoms with Crippen molar-refractivity contribution in [3.8, 4) is 11.5 Å². The number of hydrazone groups is 1. The quantitative estimate of drug-likeness (QED) is 0.167. The molecule has 0 saturated heterocycles. The summed E-state index contributed by atoms with van der Waals surface area (Å²) in [4.78, 5) is 13.1. The first-order valence-electron chi connectivity index (χ1n) is 13.3. The fraction of sp³-hybridized carbons (Fsp3) is 0.188. The van der Waals surface area contributed by atoms with E-state index in [1.165, 1.54) is 18.3 Å². The van der Waals surface area contributed by atoms with Crippen LogP contribution in [0.1, 0.15) is 30.5 Å². The summed E-state index contributed by atoms with van der Waals surface area (Å²) < 4.78 is 40.0. The van der Waals surface area contributed by atoms with Gasteiger partial charge in [-0.05, 0) is 66.4 Å². The summed E-state index contributed by atoms with van der Waals surface area (Å²) in [6, 6.07) is 30.4. The number of carbonyl (C=O) groups is 1. The van der Waals surface area contributed by atoms with Gasteiger partial charge in [-0.15, -0.1) is 0 Å². The van der Waals surface area contributed by atoms with Gasteiger partial charge < -0.3 is 9.47 Å². The Labute approximate surface area is 241 Å². The van der Waals surface area contributed by atoms with E-state index in [0.717, 1.165) is 15.4 Å². The van der Waals surface area contributed by atoms with E-state index in [0.29, 0.717) is 42.4 Å². The predicted molar refractivity (Wildman–Crippen MR) is 161 cm³/mol. The molecule has 8 nitrogen and oxygen atoms in total. The van der Waals surface area contributed by atoms with E-state index < -0.39 is 22.5 Å². The number of ether oxygens (including phenoxy) is 2. The zero-order valence-electron chi connectivity index (χ0n) is 23.1. The molecule has 212 valence electrons. The third kappa shape index (κ3) is 7.73. The maximum Gasteiger partial charge on any atom is 0.264 e. The van der Waals surface area contributed by atoms with Crippen LogP contribution in [0, 0.1) is 0 Å². The average molecular weight is 572 g/mol. The normalized spacial score (nSPS) is 11.3. The molecule has 4 aromatic carbocycles. The van der Waals surface area contributed by atoms with E-state index in [4.69, 9.17) is 9.47 Å². The Bertz CT molecular complexity index is 1580. The Morgan fingerprint density at radius 1 is 0.854 bits per heavy atom. The molecule has 0 aromatic heterocycles. The van der Waals surface area contributed by atoms with Gasteiger partial charge in [0.05, 0.1) is 23.4 Å². The van der Waals surface area contributed by atoms with Gasteiger partial charge in [0.25, 0.3) is 15.9 Å². The molecule has 9 heteroatoms. The van der Waals surface area contributed by atoms with Crippen molar-refractivity contribution in [3.05, 3.63) is 120 Å². The van der Waals surface area contributed by atoms with Crippen molar-refractivity contribution in [3.63, 3.8) is 0 Å². The lowest BCUT2D eigenvalue weighted by Crippen LogP contribution is -2.40. The molecule has 4 aromatic rings. The molecule has 0 heterocycles. The molecular formula is C32H33N3O5S. The van der Waals surface area contributed by atoms with Crippen molar-refractivity contribution in [1.82, 2.24) is 5.43 Å². The molecule has 0 aliphatic heterocycles. The highest BCUT2D eigenvalue weighted by Crippen LogP contribution is 2.29. The second-order valence-corrected chi connectivity index (χ2v) is 10.9. The zero-order valence-corrected chi connectivity index (χ0v) is 23.9. The molecule has 0 spiro atoms. The molecule has 41 heavy (non-hydrogen) atoms. The standard InChI is InChI=1S/C32H33N3O5S/c1-3-27-15-11-12-18-29(27)35(41(37,38)28-16-9-6-10-17-28)23-32(36)34-33-22-26-19-20-30(31(21-26)39-4-2)40-24-25-13-7-5-8-14-25/h5-22H,3-4,23-24H2,1-2H3,(H,34,36)/b33-22-. The Kier molecular flexibility index (Phi) is 10.1. The zero-order chi connectivity index (χ0) is 29.1. The van der Waals surface area contributed by atoms with E-state index in [1.807, 2.05) is 56.3 Å². The van der Waals surface area contributed by atoms with Crippen molar-refractivity contribution in [1.29, 1.82) is 0 Å².